The third kappa shape index (κ3) is 20.5. The molecule has 4 fully saturated rings. The zero-order chi connectivity index (χ0) is 56.0. The molecule has 0 aliphatic heterocycles. The summed E-state index contributed by atoms with van der Waals surface area (Å²) in [5.74, 6) is 4.27. The van der Waals surface area contributed by atoms with Crippen molar-refractivity contribution >= 4 is 48.0 Å². The summed E-state index contributed by atoms with van der Waals surface area (Å²) < 4.78 is 32.0. The quantitative estimate of drug-likeness (QED) is 0.0362. The number of carbonyl (C=O) groups excluding carboxylic acids is 6. The summed E-state index contributed by atoms with van der Waals surface area (Å²) in [6, 6.07) is 12.6. The molecule has 0 radical (unpaired) electrons. The summed E-state index contributed by atoms with van der Waals surface area (Å²) >= 11 is 0. The monoisotopic (exact) mass is 1070 g/mol. The zero-order valence-electron chi connectivity index (χ0n) is 48.3. The average Bonchev–Trinajstić information content (AvgIpc) is 3.45. The van der Waals surface area contributed by atoms with Crippen LogP contribution in [0.15, 0.2) is 54.6 Å². The maximum absolute atomic E-state index is 12.9. The summed E-state index contributed by atoms with van der Waals surface area (Å²) in [6.07, 6.45) is 29.2. The van der Waals surface area contributed by atoms with E-state index in [4.69, 9.17) is 28.4 Å². The summed E-state index contributed by atoms with van der Waals surface area (Å²) in [4.78, 5) is 73.5. The Balaban J connectivity index is 0.000000284. The van der Waals surface area contributed by atoms with Gasteiger partial charge in [-0.2, -0.15) is 0 Å². The molecule has 0 aromatic heterocycles. The van der Waals surface area contributed by atoms with Crippen LogP contribution < -0.4 is 9.47 Å². The first kappa shape index (κ1) is 62.6. The van der Waals surface area contributed by atoms with Gasteiger partial charge in [-0.1, -0.05) is 84.4 Å². The highest BCUT2D eigenvalue weighted by Gasteiger charge is 2.35. The van der Waals surface area contributed by atoms with Crippen LogP contribution in [0, 0.1) is 65.1 Å². The molecule has 4 aliphatic rings. The second-order valence-corrected chi connectivity index (χ2v) is 23.8. The minimum absolute atomic E-state index is 0.00448. The maximum atomic E-state index is 12.9. The molecule has 12 nitrogen and oxygen atoms in total. The van der Waals surface area contributed by atoms with E-state index in [0.29, 0.717) is 24.3 Å². The summed E-state index contributed by atoms with van der Waals surface area (Å²) in [6.45, 7) is 17.7. The molecule has 0 bridgehead atoms. The van der Waals surface area contributed by atoms with Gasteiger partial charge in [-0.05, 0) is 213 Å². The first-order valence-electron chi connectivity index (χ1n) is 29.5. The Morgan fingerprint density at radius 1 is 0.468 bits per heavy atom. The Morgan fingerprint density at radius 2 is 0.831 bits per heavy atom. The van der Waals surface area contributed by atoms with Crippen molar-refractivity contribution in [3.8, 4) is 11.5 Å². The smallest absolute Gasteiger partial charge is 0.330 e. The number of rotatable bonds is 22. The zero-order valence-corrected chi connectivity index (χ0v) is 48.3. The molecule has 426 valence electrons. The lowest BCUT2D eigenvalue weighted by Crippen LogP contribution is -2.30. The van der Waals surface area contributed by atoms with Gasteiger partial charge in [-0.25, -0.2) is 9.59 Å². The van der Waals surface area contributed by atoms with Gasteiger partial charge in [0, 0.05) is 12.2 Å². The minimum Gasteiger partial charge on any atom is -0.462 e. The van der Waals surface area contributed by atoms with E-state index in [1.165, 1.54) is 76.4 Å². The van der Waals surface area contributed by atoms with E-state index in [-0.39, 0.29) is 62.1 Å². The number of hydrogen-bond acceptors (Lipinski definition) is 12. The Hall–Kier alpha value is -5.26. The van der Waals surface area contributed by atoms with Crippen LogP contribution in [0.2, 0.25) is 0 Å². The van der Waals surface area contributed by atoms with E-state index in [2.05, 4.69) is 13.8 Å². The number of aryl methyl sites for hydroxylation is 1. The van der Waals surface area contributed by atoms with Crippen LogP contribution in [-0.4, -0.2) is 62.2 Å². The summed E-state index contributed by atoms with van der Waals surface area (Å²) in [7, 11) is 0. The van der Waals surface area contributed by atoms with Crippen molar-refractivity contribution in [2.45, 2.75) is 191 Å². The molecular formula is C65H94O12. The molecule has 77 heavy (non-hydrogen) atoms. The standard InChI is InChI=1S/C33H48O6.C32H46O6/c1-6-24-8-12-26(13-9-24)27-14-16-28(17-15-27)31(35)39-29-18-10-25(22-23(29)3)11-19-30(34)37-20-21-38-32(36)33(4,5)7-2;1-5-23-7-12-25(13-8-23)26-14-16-27(17-15-26)30(34)38-28-18-9-24(10-19-28)11-20-29(33)36-21-22-37-31(35)32(3,4)6-2/h10-11,18-19,22,24,26-28H,6-9,12-17,20-21H2,1-5H3;9-11,18-20,23,25-27H,5-8,12-17,21-22H2,1-4H3/b19-11+;20-11+. The van der Waals surface area contributed by atoms with E-state index in [1.807, 2.05) is 60.6 Å². The molecule has 0 spiro atoms. The van der Waals surface area contributed by atoms with Crippen molar-refractivity contribution in [3.05, 3.63) is 71.3 Å². The van der Waals surface area contributed by atoms with Gasteiger partial charge in [0.25, 0.3) is 0 Å². The Labute approximate surface area is 461 Å². The van der Waals surface area contributed by atoms with Crippen LogP contribution in [-0.2, 0) is 47.7 Å². The number of esters is 6. The van der Waals surface area contributed by atoms with Crippen LogP contribution in [0.25, 0.3) is 12.2 Å². The van der Waals surface area contributed by atoms with Crippen LogP contribution in [0.3, 0.4) is 0 Å². The normalized spacial score (nSPS) is 24.0. The predicted molar refractivity (Wildman–Crippen MR) is 301 cm³/mol. The Bertz CT molecular complexity index is 2240. The molecule has 0 N–H and O–H groups in total. The average molecular weight is 1070 g/mol. The number of benzene rings is 2. The highest BCUT2D eigenvalue weighted by atomic mass is 16.6. The second-order valence-electron chi connectivity index (χ2n) is 23.8. The van der Waals surface area contributed by atoms with Crippen molar-refractivity contribution in [1.82, 2.24) is 0 Å². The molecule has 2 aromatic carbocycles. The molecule has 0 saturated heterocycles. The van der Waals surface area contributed by atoms with Gasteiger partial charge in [0.05, 0.1) is 22.7 Å². The molecule has 0 unspecified atom stereocenters. The van der Waals surface area contributed by atoms with E-state index < -0.39 is 22.8 Å². The third-order valence-corrected chi connectivity index (χ3v) is 17.8. The fourth-order valence-electron chi connectivity index (χ4n) is 11.4. The molecule has 0 atom stereocenters. The van der Waals surface area contributed by atoms with Crippen LogP contribution >= 0.6 is 0 Å². The topological polar surface area (TPSA) is 158 Å². The van der Waals surface area contributed by atoms with E-state index in [0.717, 1.165) is 104 Å². The molecule has 0 amide bonds. The lowest BCUT2D eigenvalue weighted by Gasteiger charge is -2.37. The van der Waals surface area contributed by atoms with Crippen molar-refractivity contribution in [3.63, 3.8) is 0 Å². The van der Waals surface area contributed by atoms with Gasteiger partial charge in [-0.3, -0.25) is 19.2 Å². The largest absolute Gasteiger partial charge is 0.462 e. The number of carbonyl (C=O) groups is 6. The Morgan fingerprint density at radius 3 is 1.22 bits per heavy atom. The van der Waals surface area contributed by atoms with Gasteiger partial charge in [0.2, 0.25) is 0 Å². The Kier molecular flexibility index (Phi) is 25.5. The second kappa shape index (κ2) is 31.4. The van der Waals surface area contributed by atoms with E-state index in [9.17, 15) is 28.8 Å². The first-order chi connectivity index (χ1) is 36.8. The van der Waals surface area contributed by atoms with Gasteiger partial charge in [0.15, 0.2) is 0 Å². The predicted octanol–water partition coefficient (Wildman–Crippen LogP) is 14.6. The van der Waals surface area contributed by atoms with Crippen LogP contribution in [0.1, 0.15) is 200 Å². The molecule has 6 rings (SSSR count). The van der Waals surface area contributed by atoms with E-state index in [1.54, 1.807) is 42.5 Å². The summed E-state index contributed by atoms with van der Waals surface area (Å²) in [5.41, 5.74) is 1.34. The van der Waals surface area contributed by atoms with Crippen molar-refractivity contribution in [2.75, 3.05) is 26.4 Å². The molecule has 2 aromatic rings. The maximum Gasteiger partial charge on any atom is 0.330 e. The molecule has 0 heterocycles. The van der Waals surface area contributed by atoms with Gasteiger partial charge < -0.3 is 28.4 Å². The lowest BCUT2D eigenvalue weighted by molar-refractivity contribution is -0.158. The highest BCUT2D eigenvalue weighted by Crippen LogP contribution is 2.44. The first-order valence-corrected chi connectivity index (χ1v) is 29.5. The van der Waals surface area contributed by atoms with Crippen LogP contribution in [0.5, 0.6) is 11.5 Å². The molecule has 4 aliphatic carbocycles. The fraction of sp³-hybridized carbons (Fsp3) is 0.662. The third-order valence-electron chi connectivity index (χ3n) is 17.8. The van der Waals surface area contributed by atoms with Gasteiger partial charge in [0.1, 0.15) is 37.9 Å². The van der Waals surface area contributed by atoms with Crippen molar-refractivity contribution in [2.24, 2.45) is 58.2 Å². The van der Waals surface area contributed by atoms with Gasteiger partial charge >= 0.3 is 35.8 Å². The fourth-order valence-corrected chi connectivity index (χ4v) is 11.4. The SMILES string of the molecule is CCC1CCC(C2CCC(C(=O)Oc3ccc(/C=C/C(=O)OCCOC(=O)C(C)(C)CC)cc3)CC2)CC1.CCC1CCC(C2CCC(C(=O)Oc3ccc(/C=C/C(=O)OCCOC(=O)C(C)(C)CC)cc3C)CC2)CC1. The summed E-state index contributed by atoms with van der Waals surface area (Å²) in [5, 5.41) is 0. The van der Waals surface area contributed by atoms with E-state index >= 15 is 0 Å². The van der Waals surface area contributed by atoms with Crippen molar-refractivity contribution < 1.29 is 57.2 Å². The molecule has 4 saturated carbocycles. The highest BCUT2D eigenvalue weighted by molar-refractivity contribution is 5.88. The molecular weight excluding hydrogens is 973 g/mol. The minimum atomic E-state index is -0.547. The molecule has 12 heteroatoms. The number of hydrogen-bond donors (Lipinski definition) is 0. The number of ether oxygens (including phenoxy) is 6. The van der Waals surface area contributed by atoms with Crippen LogP contribution in [0.4, 0.5) is 0 Å². The lowest BCUT2D eigenvalue weighted by atomic mass is 9.69. The van der Waals surface area contributed by atoms with Crippen molar-refractivity contribution in [1.29, 1.82) is 0 Å². The van der Waals surface area contributed by atoms with Gasteiger partial charge in [-0.15, -0.1) is 0 Å².